The zero-order chi connectivity index (χ0) is 22.2. The minimum atomic E-state index is -4.80. The van der Waals surface area contributed by atoms with Crippen LogP contribution in [0.25, 0.3) is 0 Å². The highest BCUT2D eigenvalue weighted by Gasteiger charge is 2.34. The highest BCUT2D eigenvalue weighted by Crippen LogP contribution is 2.52. The first-order chi connectivity index (χ1) is 12.6. The van der Waals surface area contributed by atoms with E-state index < -0.39 is 51.3 Å². The molecule has 0 radical (unpaired) electrons. The highest BCUT2D eigenvalue weighted by molar-refractivity contribution is 7.95. The molecule has 160 valence electrons. The van der Waals surface area contributed by atoms with Gasteiger partial charge in [0.05, 0.1) is 11.5 Å². The number of carbonyl (C=O) groups is 2. The number of carboxylic acid groups (broad SMARTS) is 2. The topological polar surface area (TPSA) is 178 Å². The van der Waals surface area contributed by atoms with E-state index in [1.165, 1.54) is 13.8 Å². The molecule has 28 heavy (non-hydrogen) atoms. The molecule has 0 aromatic carbocycles. The Hall–Kier alpha value is -1.79. The molecule has 0 unspecified atom stereocenters. The number of hydrogen-bond acceptors (Lipinski definition) is 9. The average Bonchev–Trinajstić information content (AvgIpc) is 2.52. The van der Waals surface area contributed by atoms with Crippen molar-refractivity contribution < 1.29 is 49.1 Å². The molecule has 0 aliphatic carbocycles. The predicted molar refractivity (Wildman–Crippen MR) is 99.6 cm³/mol. The number of carboxylic acids is 2. The van der Waals surface area contributed by atoms with E-state index >= 15 is 0 Å². The Kier molecular flexibility index (Phi) is 9.99. The second kappa shape index (κ2) is 10.7. The van der Waals surface area contributed by atoms with Gasteiger partial charge in [-0.1, -0.05) is 18.7 Å². The lowest BCUT2D eigenvalue weighted by molar-refractivity contribution is -0.133. The van der Waals surface area contributed by atoms with Gasteiger partial charge in [0.2, 0.25) is 0 Å². The normalized spacial score (nSPS) is 15.6. The third-order valence-corrected chi connectivity index (χ3v) is 8.37. The van der Waals surface area contributed by atoms with Crippen molar-refractivity contribution in [3.05, 3.63) is 35.7 Å². The van der Waals surface area contributed by atoms with Gasteiger partial charge in [0.15, 0.2) is 0 Å². The molecular weight excluding hydrogens is 439 g/mol. The summed E-state index contributed by atoms with van der Waals surface area (Å²) in [5, 5.41) is 17.3. The third kappa shape index (κ3) is 10.5. The van der Waals surface area contributed by atoms with Gasteiger partial charge in [-0.3, -0.25) is 4.57 Å². The summed E-state index contributed by atoms with van der Waals surface area (Å²) in [6.07, 6.45) is 1.61. The zero-order valence-corrected chi connectivity index (χ0v) is 17.6. The van der Waals surface area contributed by atoms with Gasteiger partial charge in [-0.05, 0) is 26.7 Å². The summed E-state index contributed by atoms with van der Waals surface area (Å²) in [5.41, 5.74) is -0.240. The first kappa shape index (κ1) is 26.2. The number of hydrogen-bond donors (Lipinski definition) is 2. The van der Waals surface area contributed by atoms with Gasteiger partial charge < -0.3 is 10.2 Å². The van der Waals surface area contributed by atoms with Crippen LogP contribution >= 0.6 is 7.60 Å². The average molecular weight is 460 g/mol. The Morgan fingerprint density at radius 3 is 1.46 bits per heavy atom. The van der Waals surface area contributed by atoms with Gasteiger partial charge >= 0.3 is 19.5 Å². The molecule has 2 N–H and O–H groups in total. The van der Waals surface area contributed by atoms with Crippen molar-refractivity contribution >= 4 is 39.8 Å². The maximum absolute atomic E-state index is 12.3. The van der Waals surface area contributed by atoms with Crippen molar-refractivity contribution in [2.45, 2.75) is 26.7 Å². The molecule has 0 saturated carbocycles. The lowest BCUT2D eigenvalue weighted by Crippen LogP contribution is -2.14. The minimum absolute atomic E-state index is 0.120. The Balaban J connectivity index is 5.10. The molecule has 0 spiro atoms. The first-order valence-electron chi connectivity index (χ1n) is 7.54. The van der Waals surface area contributed by atoms with Crippen LogP contribution in [0.1, 0.15) is 26.7 Å². The highest BCUT2D eigenvalue weighted by atomic mass is 32.2. The maximum Gasteiger partial charge on any atom is 0.382 e. The Bertz CT molecular complexity index is 856. The van der Waals surface area contributed by atoms with Gasteiger partial charge in [0, 0.05) is 17.0 Å². The molecule has 0 aromatic rings. The summed E-state index contributed by atoms with van der Waals surface area (Å²) >= 11 is 0. The second-order valence-electron chi connectivity index (χ2n) is 5.36. The fourth-order valence-electron chi connectivity index (χ4n) is 1.48. The van der Waals surface area contributed by atoms with E-state index in [0.29, 0.717) is 5.82 Å². The van der Waals surface area contributed by atoms with E-state index in [4.69, 9.17) is 10.2 Å². The quantitative estimate of drug-likeness (QED) is 0.303. The summed E-state index contributed by atoms with van der Waals surface area (Å²) in [7, 11) is -13.9. The summed E-state index contributed by atoms with van der Waals surface area (Å²) < 4.78 is 68.4. The Labute approximate surface area is 163 Å². The van der Waals surface area contributed by atoms with Gasteiger partial charge in [0.1, 0.15) is 0 Å². The van der Waals surface area contributed by atoms with E-state index in [-0.39, 0.29) is 24.0 Å². The van der Waals surface area contributed by atoms with Crippen molar-refractivity contribution in [2.24, 2.45) is 0 Å². The smallest absolute Gasteiger partial charge is 0.382 e. The summed E-state index contributed by atoms with van der Waals surface area (Å²) in [6.45, 7) is 5.52. The number of rotatable bonds is 13. The molecule has 0 amide bonds. The van der Waals surface area contributed by atoms with E-state index in [9.17, 15) is 31.0 Å². The standard InChI is InChI=1S/C14H21O11PS2/c1-4-26(19,24-27(20,21)9-5-7-11(2)13(15)16)25-28(22,23)10-6-8-12(3)14(17)18/h4,7-8H,1,5-6,9-10H2,2-3H3,(H,15,16)(H,17,18). The first-order valence-corrected chi connectivity index (χ1v) is 12.3. The Morgan fingerprint density at radius 2 is 1.21 bits per heavy atom. The van der Waals surface area contributed by atoms with Crippen molar-refractivity contribution in [3.8, 4) is 0 Å². The van der Waals surface area contributed by atoms with Crippen LogP contribution in [0.4, 0.5) is 0 Å². The lowest BCUT2D eigenvalue weighted by atomic mass is 10.2. The molecule has 0 heterocycles. The molecule has 0 bridgehead atoms. The molecule has 0 saturated heterocycles. The fraction of sp³-hybridized carbons (Fsp3) is 0.429. The molecule has 0 rings (SSSR count). The van der Waals surface area contributed by atoms with Crippen LogP contribution in [-0.4, -0.2) is 50.5 Å². The number of allylic oxidation sites excluding steroid dienone is 2. The van der Waals surface area contributed by atoms with Crippen LogP contribution in [0.5, 0.6) is 0 Å². The van der Waals surface area contributed by atoms with Gasteiger partial charge in [-0.2, -0.15) is 24.8 Å². The van der Waals surface area contributed by atoms with Crippen molar-refractivity contribution in [1.29, 1.82) is 0 Å². The molecule has 11 nitrogen and oxygen atoms in total. The molecule has 0 aliphatic rings. The summed E-state index contributed by atoms with van der Waals surface area (Å²) in [4.78, 5) is 21.2. The van der Waals surface area contributed by atoms with Crippen LogP contribution in [0, 0.1) is 0 Å². The largest absolute Gasteiger partial charge is 0.478 e. The van der Waals surface area contributed by atoms with Crippen LogP contribution in [0.15, 0.2) is 35.7 Å². The molecule has 0 fully saturated rings. The third-order valence-electron chi connectivity index (χ3n) is 2.97. The van der Waals surface area contributed by atoms with Crippen LogP contribution in [0.3, 0.4) is 0 Å². The minimum Gasteiger partial charge on any atom is -0.478 e. The Morgan fingerprint density at radius 1 is 0.893 bits per heavy atom. The van der Waals surface area contributed by atoms with Crippen LogP contribution in [-0.2, 0) is 42.3 Å². The van der Waals surface area contributed by atoms with Crippen LogP contribution < -0.4 is 0 Å². The van der Waals surface area contributed by atoms with Gasteiger partial charge in [-0.25, -0.2) is 9.59 Å². The molecule has 0 aliphatic heterocycles. The summed E-state index contributed by atoms with van der Waals surface area (Å²) in [6, 6.07) is 0. The van der Waals surface area contributed by atoms with Gasteiger partial charge in [-0.15, -0.1) is 0 Å². The number of aliphatic carboxylic acids is 2. The molecule has 14 heteroatoms. The van der Waals surface area contributed by atoms with E-state index in [1.54, 1.807) is 0 Å². The molecular formula is C14H21O11PS2. The second-order valence-corrected chi connectivity index (χ2v) is 11.0. The van der Waals surface area contributed by atoms with E-state index in [2.05, 4.69) is 14.5 Å². The van der Waals surface area contributed by atoms with Crippen molar-refractivity contribution in [1.82, 2.24) is 0 Å². The SMILES string of the molecule is C=CP(=O)(OS(=O)(=O)CCC=C(C)C(=O)O)OS(=O)(=O)CCC=C(C)C(=O)O. The lowest BCUT2D eigenvalue weighted by Gasteiger charge is -2.14. The van der Waals surface area contributed by atoms with Crippen molar-refractivity contribution in [3.63, 3.8) is 0 Å². The molecule has 0 atom stereocenters. The predicted octanol–water partition coefficient (Wildman–Crippen LogP) is 1.86. The zero-order valence-electron chi connectivity index (χ0n) is 15.1. The van der Waals surface area contributed by atoms with Crippen molar-refractivity contribution in [2.75, 3.05) is 11.5 Å². The fourth-order valence-corrected chi connectivity index (χ4v) is 6.23. The summed E-state index contributed by atoms with van der Waals surface area (Å²) in [5.74, 6) is -3.66. The van der Waals surface area contributed by atoms with E-state index in [1.807, 2.05) is 0 Å². The monoisotopic (exact) mass is 460 g/mol. The van der Waals surface area contributed by atoms with E-state index in [0.717, 1.165) is 12.2 Å². The van der Waals surface area contributed by atoms with Gasteiger partial charge in [0.25, 0.3) is 20.2 Å². The molecule has 0 aromatic heterocycles. The van der Waals surface area contributed by atoms with Crippen LogP contribution in [0.2, 0.25) is 0 Å². The maximum atomic E-state index is 12.3.